The highest BCUT2D eigenvalue weighted by atomic mass is 16.4. The van der Waals surface area contributed by atoms with Crippen molar-refractivity contribution in [2.75, 3.05) is 0 Å². The Morgan fingerprint density at radius 3 is 1.92 bits per heavy atom. The Labute approximate surface area is 216 Å². The number of nitrogens with one attached hydrogen (secondary N) is 3. The zero-order valence-corrected chi connectivity index (χ0v) is 21.6. The van der Waals surface area contributed by atoms with Crippen molar-refractivity contribution in [2.24, 2.45) is 17.6 Å². The van der Waals surface area contributed by atoms with E-state index >= 15 is 0 Å². The summed E-state index contributed by atoms with van der Waals surface area (Å²) in [6, 6.07) is 1.03. The van der Waals surface area contributed by atoms with E-state index in [0.717, 1.165) is 0 Å². The van der Waals surface area contributed by atoms with Crippen LogP contribution in [0.1, 0.15) is 52.5 Å². The molecule has 1 aromatic rings. The van der Waals surface area contributed by atoms with Crippen molar-refractivity contribution in [3.05, 3.63) is 29.8 Å². The first-order chi connectivity index (χ1) is 17.2. The van der Waals surface area contributed by atoms with Gasteiger partial charge in [0.15, 0.2) is 0 Å². The Kier molecular flexibility index (Phi) is 12.5. The van der Waals surface area contributed by atoms with Gasteiger partial charge in [-0.25, -0.2) is 4.79 Å². The zero-order chi connectivity index (χ0) is 28.3. The fourth-order valence-corrected chi connectivity index (χ4v) is 3.55. The van der Waals surface area contributed by atoms with Gasteiger partial charge in [0.25, 0.3) is 0 Å². The monoisotopic (exact) mass is 522 g/mol. The maximum atomic E-state index is 13.0. The molecule has 0 bridgehead atoms. The third kappa shape index (κ3) is 10.9. The summed E-state index contributed by atoms with van der Waals surface area (Å²) in [4.78, 5) is 61.6. The maximum Gasteiger partial charge on any atom is 0.326 e. The number of hydrogen-bond acceptors (Lipinski definition) is 7. The second-order valence-electron chi connectivity index (χ2n) is 9.54. The summed E-state index contributed by atoms with van der Waals surface area (Å²) in [5.41, 5.74) is 6.58. The van der Waals surface area contributed by atoms with Crippen molar-refractivity contribution >= 4 is 29.7 Å². The Morgan fingerprint density at radius 2 is 1.43 bits per heavy atom. The predicted octanol–water partition coefficient (Wildman–Crippen LogP) is 0.368. The van der Waals surface area contributed by atoms with Gasteiger partial charge in [-0.05, 0) is 42.4 Å². The van der Waals surface area contributed by atoms with Gasteiger partial charge in [-0.15, -0.1) is 0 Å². The van der Waals surface area contributed by atoms with E-state index in [9.17, 15) is 39.3 Å². The number of hydrogen-bond donors (Lipinski definition) is 7. The molecule has 5 atom stereocenters. The fourth-order valence-electron chi connectivity index (χ4n) is 3.55. The lowest BCUT2D eigenvalue weighted by molar-refractivity contribution is -0.144. The molecule has 1 rings (SSSR count). The van der Waals surface area contributed by atoms with Crippen LogP contribution in [0.3, 0.4) is 0 Å². The molecule has 0 fully saturated rings. The number of carboxylic acids is 2. The zero-order valence-electron chi connectivity index (χ0n) is 21.6. The number of aliphatic carboxylic acids is 2. The fraction of sp³-hybridized carbons (Fsp3) is 0.560. The predicted molar refractivity (Wildman–Crippen MR) is 134 cm³/mol. The Balaban J connectivity index is 3.00. The van der Waals surface area contributed by atoms with Crippen molar-refractivity contribution in [1.29, 1.82) is 0 Å². The molecule has 0 heterocycles. The number of rotatable bonds is 15. The van der Waals surface area contributed by atoms with E-state index in [4.69, 9.17) is 5.73 Å². The van der Waals surface area contributed by atoms with Crippen molar-refractivity contribution in [2.45, 2.75) is 77.5 Å². The van der Waals surface area contributed by atoms with Crippen molar-refractivity contribution in [1.82, 2.24) is 16.0 Å². The second kappa shape index (κ2) is 14.8. The van der Waals surface area contributed by atoms with Crippen LogP contribution in [0.25, 0.3) is 0 Å². The highest BCUT2D eigenvalue weighted by Gasteiger charge is 2.33. The number of nitrogens with two attached hydrogens (primary N) is 1. The van der Waals surface area contributed by atoms with Crippen molar-refractivity contribution in [3.63, 3.8) is 0 Å². The molecule has 206 valence electrons. The number of aromatic hydroxyl groups is 1. The number of carbonyl (C=O) groups is 5. The minimum absolute atomic E-state index is 0.0148. The summed E-state index contributed by atoms with van der Waals surface area (Å²) in [6.07, 6.45) is -0.0616. The van der Waals surface area contributed by atoms with Crippen LogP contribution in [-0.4, -0.2) is 69.1 Å². The first-order valence-corrected chi connectivity index (χ1v) is 12.1. The third-order valence-electron chi connectivity index (χ3n) is 5.86. The molecule has 0 spiro atoms. The number of carbonyl (C=O) groups excluding carboxylic acids is 3. The molecule has 8 N–H and O–H groups in total. The van der Waals surface area contributed by atoms with Crippen LogP contribution < -0.4 is 21.7 Å². The first-order valence-electron chi connectivity index (χ1n) is 12.1. The van der Waals surface area contributed by atoms with Crippen molar-refractivity contribution in [3.8, 4) is 5.75 Å². The maximum absolute atomic E-state index is 13.0. The third-order valence-corrected chi connectivity index (χ3v) is 5.86. The SMILES string of the molecule is CCC(C)C(NC(=O)C(CC(=O)O)NC(=O)C(N)Cc1ccc(O)cc1)C(=O)NC(CC(C)C)C(=O)O. The molecule has 12 heteroatoms. The van der Waals surface area contributed by atoms with Gasteiger partial charge in [0.05, 0.1) is 12.5 Å². The van der Waals surface area contributed by atoms with E-state index in [1.165, 1.54) is 12.1 Å². The number of amides is 3. The summed E-state index contributed by atoms with van der Waals surface area (Å²) in [5.74, 6) is -5.38. The number of phenolic OH excluding ortho intramolecular Hbond substituents is 1. The van der Waals surface area contributed by atoms with Gasteiger partial charge in [-0.1, -0.05) is 46.2 Å². The van der Waals surface area contributed by atoms with Gasteiger partial charge in [0.1, 0.15) is 23.9 Å². The molecule has 0 saturated carbocycles. The van der Waals surface area contributed by atoms with Gasteiger partial charge >= 0.3 is 11.9 Å². The van der Waals surface area contributed by atoms with Gasteiger partial charge < -0.3 is 37.0 Å². The molecular formula is C25H38N4O8. The van der Waals surface area contributed by atoms with E-state index in [1.54, 1.807) is 26.0 Å². The molecule has 5 unspecified atom stereocenters. The Morgan fingerprint density at radius 1 is 0.865 bits per heavy atom. The van der Waals surface area contributed by atoms with Crippen LogP contribution >= 0.6 is 0 Å². The van der Waals surface area contributed by atoms with Crippen LogP contribution in [0.15, 0.2) is 24.3 Å². The van der Waals surface area contributed by atoms with Gasteiger partial charge in [-0.2, -0.15) is 0 Å². The van der Waals surface area contributed by atoms with E-state index in [2.05, 4.69) is 16.0 Å². The molecule has 1 aromatic carbocycles. The summed E-state index contributed by atoms with van der Waals surface area (Å²) in [7, 11) is 0. The number of phenols is 1. The second-order valence-corrected chi connectivity index (χ2v) is 9.54. The van der Waals surface area contributed by atoms with Crippen LogP contribution in [-0.2, 0) is 30.4 Å². The van der Waals surface area contributed by atoms with E-state index in [0.29, 0.717) is 12.0 Å². The highest BCUT2D eigenvalue weighted by molar-refractivity contribution is 5.95. The lowest BCUT2D eigenvalue weighted by Crippen LogP contribution is -2.59. The summed E-state index contributed by atoms with van der Waals surface area (Å²) in [5, 5.41) is 35.4. The van der Waals surface area contributed by atoms with E-state index in [1.807, 2.05) is 13.8 Å². The Bertz CT molecular complexity index is 951. The normalized spacial score (nSPS) is 15.1. The molecule has 0 radical (unpaired) electrons. The molecule has 3 amide bonds. The minimum atomic E-state index is -1.53. The topological polar surface area (TPSA) is 208 Å². The molecular weight excluding hydrogens is 484 g/mol. The molecule has 37 heavy (non-hydrogen) atoms. The molecule has 0 aromatic heterocycles. The van der Waals surface area contributed by atoms with Gasteiger partial charge in [0.2, 0.25) is 17.7 Å². The van der Waals surface area contributed by atoms with Gasteiger partial charge in [-0.3, -0.25) is 19.2 Å². The standard InChI is InChI=1S/C25H38N4O8/c1-5-14(4)21(24(35)28-19(25(36)37)10-13(2)3)29-23(34)18(12-20(31)32)27-22(33)17(26)11-15-6-8-16(30)9-7-15/h6-9,13-14,17-19,21,30H,5,10-12,26H2,1-4H3,(H,27,33)(H,28,35)(H,29,34)(H,31,32)(H,36,37). The summed E-state index contributed by atoms with van der Waals surface area (Å²) >= 11 is 0. The van der Waals surface area contributed by atoms with Crippen LogP contribution in [0.5, 0.6) is 5.75 Å². The smallest absolute Gasteiger partial charge is 0.326 e. The quantitative estimate of drug-likeness (QED) is 0.169. The highest BCUT2D eigenvalue weighted by Crippen LogP contribution is 2.13. The number of carboxylic acid groups (broad SMARTS) is 2. The molecule has 0 aliphatic carbocycles. The van der Waals surface area contributed by atoms with E-state index in [-0.39, 0.29) is 24.5 Å². The Hall–Kier alpha value is -3.67. The van der Waals surface area contributed by atoms with Crippen molar-refractivity contribution < 1.29 is 39.3 Å². The summed E-state index contributed by atoms with van der Waals surface area (Å²) < 4.78 is 0. The lowest BCUT2D eigenvalue weighted by atomic mass is 9.96. The molecule has 0 saturated heterocycles. The number of benzene rings is 1. The molecule has 0 aliphatic rings. The van der Waals surface area contributed by atoms with Gasteiger partial charge in [0, 0.05) is 0 Å². The minimum Gasteiger partial charge on any atom is -0.508 e. The van der Waals surface area contributed by atoms with Crippen LogP contribution in [0, 0.1) is 11.8 Å². The largest absolute Gasteiger partial charge is 0.508 e. The molecule has 0 aliphatic heterocycles. The lowest BCUT2D eigenvalue weighted by Gasteiger charge is -2.28. The van der Waals surface area contributed by atoms with Crippen LogP contribution in [0.2, 0.25) is 0 Å². The average molecular weight is 523 g/mol. The molecule has 12 nitrogen and oxygen atoms in total. The van der Waals surface area contributed by atoms with E-state index < -0.39 is 66.2 Å². The average Bonchev–Trinajstić information content (AvgIpc) is 2.81. The van der Waals surface area contributed by atoms with Crippen LogP contribution in [0.4, 0.5) is 0 Å². The first kappa shape index (κ1) is 31.4. The summed E-state index contributed by atoms with van der Waals surface area (Å²) in [6.45, 7) is 7.07.